The molecule has 25 heavy (non-hydrogen) atoms. The molecule has 0 unspecified atom stereocenters. The molecular weight excluding hydrogens is 316 g/mol. The van der Waals surface area contributed by atoms with Crippen LogP contribution in [0.1, 0.15) is 27.2 Å². The van der Waals surface area contributed by atoms with E-state index in [1.54, 1.807) is 6.07 Å². The van der Waals surface area contributed by atoms with E-state index in [2.05, 4.69) is 40.1 Å². The highest BCUT2D eigenvalue weighted by atomic mass is 16.5. The molecule has 2 aromatic carbocycles. The molecule has 0 saturated carbocycles. The third kappa shape index (κ3) is 4.11. The van der Waals surface area contributed by atoms with Crippen LogP contribution in [0.15, 0.2) is 65.3 Å². The van der Waals surface area contributed by atoms with Crippen LogP contribution in [0.2, 0.25) is 0 Å². The number of nitrogens with zero attached hydrogens (tertiary/aromatic N) is 1. The lowest BCUT2D eigenvalue weighted by atomic mass is 10.1. The first-order chi connectivity index (χ1) is 12.1. The number of benzene rings is 2. The number of aromatic nitrogens is 1. The van der Waals surface area contributed by atoms with Crippen LogP contribution in [0.25, 0.3) is 0 Å². The van der Waals surface area contributed by atoms with E-state index in [-0.39, 0.29) is 11.6 Å². The zero-order chi connectivity index (χ0) is 17.6. The lowest BCUT2D eigenvalue weighted by Gasteiger charge is -2.13. The first-order valence-corrected chi connectivity index (χ1v) is 7.83. The number of nitrogens with one attached hydrogen (secondary N) is 3. The second kappa shape index (κ2) is 7.44. The van der Waals surface area contributed by atoms with E-state index >= 15 is 0 Å². The van der Waals surface area contributed by atoms with Crippen molar-refractivity contribution in [3.05, 3.63) is 83.2 Å². The third-order valence-electron chi connectivity index (χ3n) is 3.70. The Labute approximate surface area is 145 Å². The maximum Gasteiger partial charge on any atom is 0.295 e. The number of amidine groups is 1. The van der Waals surface area contributed by atoms with Gasteiger partial charge in [0, 0.05) is 23.9 Å². The van der Waals surface area contributed by atoms with Gasteiger partial charge in [-0.2, -0.15) is 0 Å². The molecule has 1 amide bonds. The number of hydrogen-bond acceptors (Lipinski definition) is 5. The molecular formula is C19H18N4O2. The van der Waals surface area contributed by atoms with Crippen molar-refractivity contribution in [2.75, 3.05) is 5.32 Å². The summed E-state index contributed by atoms with van der Waals surface area (Å²) in [4.78, 5) is 12.0. The van der Waals surface area contributed by atoms with Gasteiger partial charge in [0.25, 0.3) is 5.91 Å². The van der Waals surface area contributed by atoms with Gasteiger partial charge in [0.2, 0.25) is 5.76 Å². The zero-order valence-electron chi connectivity index (χ0n) is 13.7. The van der Waals surface area contributed by atoms with E-state index in [9.17, 15) is 4.79 Å². The van der Waals surface area contributed by atoms with Crippen molar-refractivity contribution in [2.24, 2.45) is 0 Å². The molecule has 1 aromatic heterocycles. The monoisotopic (exact) mass is 334 g/mol. The Morgan fingerprint density at radius 1 is 1.12 bits per heavy atom. The molecule has 0 radical (unpaired) electrons. The molecule has 0 atom stereocenters. The van der Waals surface area contributed by atoms with Crippen LogP contribution in [0.4, 0.5) is 5.69 Å². The average molecular weight is 334 g/mol. The molecule has 3 aromatic rings. The molecule has 126 valence electrons. The van der Waals surface area contributed by atoms with E-state index in [1.807, 2.05) is 25.1 Å². The Hall–Kier alpha value is -3.41. The Kier molecular flexibility index (Phi) is 4.89. The standard InChI is InChI=1S/C19H18N4O2/c1-13-6-8-14(9-7-13)12-21-16-5-3-2-4-15(16)18(20)23-19(24)17-10-11-22-25-17/h2-11,21H,12H2,1H3,(H2,20,23,24). The highest BCUT2D eigenvalue weighted by Gasteiger charge is 2.14. The van der Waals surface area contributed by atoms with Crippen LogP contribution < -0.4 is 10.6 Å². The maximum atomic E-state index is 12.0. The Balaban J connectivity index is 1.70. The highest BCUT2D eigenvalue weighted by Crippen LogP contribution is 2.16. The summed E-state index contributed by atoms with van der Waals surface area (Å²) in [5.74, 6) is -0.445. The predicted octanol–water partition coefficient (Wildman–Crippen LogP) is 3.35. The lowest BCUT2D eigenvalue weighted by Crippen LogP contribution is -2.30. The Morgan fingerprint density at radius 2 is 1.88 bits per heavy atom. The maximum absolute atomic E-state index is 12.0. The summed E-state index contributed by atoms with van der Waals surface area (Å²) in [7, 11) is 0. The lowest BCUT2D eigenvalue weighted by molar-refractivity contribution is 0.0941. The van der Waals surface area contributed by atoms with Gasteiger partial charge in [-0.1, -0.05) is 47.1 Å². The van der Waals surface area contributed by atoms with Gasteiger partial charge in [0.05, 0.1) is 6.20 Å². The normalized spacial score (nSPS) is 10.3. The van der Waals surface area contributed by atoms with Crippen LogP contribution in [0, 0.1) is 12.3 Å². The molecule has 0 spiro atoms. The molecule has 0 aliphatic carbocycles. The molecule has 6 nitrogen and oxygen atoms in total. The number of amides is 1. The molecule has 0 bridgehead atoms. The van der Waals surface area contributed by atoms with Gasteiger partial charge in [-0.3, -0.25) is 10.2 Å². The van der Waals surface area contributed by atoms with Crippen LogP contribution in [0.3, 0.4) is 0 Å². The van der Waals surface area contributed by atoms with Crippen LogP contribution in [0.5, 0.6) is 0 Å². The summed E-state index contributed by atoms with van der Waals surface area (Å²) in [5.41, 5.74) is 3.71. The fourth-order valence-corrected chi connectivity index (χ4v) is 2.33. The zero-order valence-corrected chi connectivity index (χ0v) is 13.7. The molecule has 3 rings (SSSR count). The number of para-hydroxylation sites is 1. The molecule has 1 heterocycles. The van der Waals surface area contributed by atoms with Gasteiger partial charge >= 0.3 is 0 Å². The summed E-state index contributed by atoms with van der Waals surface area (Å²) >= 11 is 0. The Bertz CT molecular complexity index is 871. The van der Waals surface area contributed by atoms with E-state index < -0.39 is 5.91 Å². The van der Waals surface area contributed by atoms with E-state index in [1.165, 1.54) is 17.8 Å². The van der Waals surface area contributed by atoms with Gasteiger partial charge in [-0.25, -0.2) is 0 Å². The fourth-order valence-electron chi connectivity index (χ4n) is 2.33. The van der Waals surface area contributed by atoms with Crippen molar-refractivity contribution in [1.29, 1.82) is 5.41 Å². The summed E-state index contributed by atoms with van der Waals surface area (Å²) in [5, 5.41) is 17.5. The van der Waals surface area contributed by atoms with Crippen LogP contribution >= 0.6 is 0 Å². The quantitative estimate of drug-likeness (QED) is 0.493. The third-order valence-corrected chi connectivity index (χ3v) is 3.70. The summed E-state index contributed by atoms with van der Waals surface area (Å²) in [6.07, 6.45) is 1.38. The summed E-state index contributed by atoms with van der Waals surface area (Å²) in [6.45, 7) is 2.67. The minimum absolute atomic E-state index is 0.00611. The van der Waals surface area contributed by atoms with E-state index in [0.29, 0.717) is 12.1 Å². The van der Waals surface area contributed by atoms with Gasteiger partial charge in [-0.05, 0) is 24.6 Å². The first kappa shape index (κ1) is 16.4. The molecule has 0 aliphatic heterocycles. The number of anilines is 1. The summed E-state index contributed by atoms with van der Waals surface area (Å²) < 4.78 is 4.80. The first-order valence-electron chi connectivity index (χ1n) is 7.83. The minimum atomic E-state index is -0.504. The SMILES string of the molecule is Cc1ccc(CNc2ccccc2C(=N)NC(=O)c2ccno2)cc1. The van der Waals surface area contributed by atoms with E-state index in [0.717, 1.165) is 11.3 Å². The second-order valence-electron chi connectivity index (χ2n) is 5.59. The topological polar surface area (TPSA) is 91.0 Å². The van der Waals surface area contributed by atoms with Crippen molar-refractivity contribution >= 4 is 17.4 Å². The number of hydrogen-bond donors (Lipinski definition) is 3. The number of carbonyl (C=O) groups is 1. The van der Waals surface area contributed by atoms with Crippen molar-refractivity contribution in [3.63, 3.8) is 0 Å². The number of rotatable bonds is 5. The van der Waals surface area contributed by atoms with Crippen molar-refractivity contribution in [3.8, 4) is 0 Å². The fraction of sp³-hybridized carbons (Fsp3) is 0.105. The molecule has 0 fully saturated rings. The molecule has 0 saturated heterocycles. The molecule has 0 aliphatic rings. The van der Waals surface area contributed by atoms with Crippen LogP contribution in [-0.4, -0.2) is 16.9 Å². The van der Waals surface area contributed by atoms with Crippen molar-refractivity contribution in [2.45, 2.75) is 13.5 Å². The average Bonchev–Trinajstić information content (AvgIpc) is 3.16. The summed E-state index contributed by atoms with van der Waals surface area (Å²) in [6, 6.07) is 17.0. The smallest absolute Gasteiger partial charge is 0.295 e. The van der Waals surface area contributed by atoms with Gasteiger partial charge in [-0.15, -0.1) is 0 Å². The van der Waals surface area contributed by atoms with Crippen LogP contribution in [-0.2, 0) is 6.54 Å². The number of carbonyl (C=O) groups excluding carboxylic acids is 1. The van der Waals surface area contributed by atoms with Crippen molar-refractivity contribution in [1.82, 2.24) is 10.5 Å². The second-order valence-corrected chi connectivity index (χ2v) is 5.59. The van der Waals surface area contributed by atoms with Gasteiger partial charge in [0.15, 0.2) is 0 Å². The van der Waals surface area contributed by atoms with E-state index in [4.69, 9.17) is 9.93 Å². The van der Waals surface area contributed by atoms with Crippen molar-refractivity contribution < 1.29 is 9.32 Å². The predicted molar refractivity (Wildman–Crippen MR) is 95.7 cm³/mol. The Morgan fingerprint density at radius 3 is 2.60 bits per heavy atom. The minimum Gasteiger partial charge on any atom is -0.380 e. The molecule has 6 heteroatoms. The highest BCUT2D eigenvalue weighted by molar-refractivity contribution is 6.12. The van der Waals surface area contributed by atoms with Gasteiger partial charge < -0.3 is 15.2 Å². The number of aryl methyl sites for hydroxylation is 1. The molecule has 3 N–H and O–H groups in total. The van der Waals surface area contributed by atoms with Gasteiger partial charge in [0.1, 0.15) is 5.84 Å². The largest absolute Gasteiger partial charge is 0.380 e.